The van der Waals surface area contributed by atoms with Gasteiger partial charge in [-0.25, -0.2) is 9.59 Å². The zero-order valence-corrected chi connectivity index (χ0v) is 25.1. The second-order valence-electron chi connectivity index (χ2n) is 12.1. The highest BCUT2D eigenvalue weighted by Crippen LogP contribution is 2.37. The Kier molecular flexibility index (Phi) is 10.8. The fourth-order valence-corrected chi connectivity index (χ4v) is 5.94. The molecule has 0 aromatic carbocycles. The zero-order valence-electron chi connectivity index (χ0n) is 25.1. The summed E-state index contributed by atoms with van der Waals surface area (Å²) in [5, 5.41) is 8.25. The largest absolute Gasteiger partial charge is 0.466 e. The van der Waals surface area contributed by atoms with E-state index in [4.69, 9.17) is 30.1 Å². The molecule has 3 fully saturated rings. The van der Waals surface area contributed by atoms with Crippen LogP contribution in [0.15, 0.2) is 0 Å². The molecule has 41 heavy (non-hydrogen) atoms. The van der Waals surface area contributed by atoms with Crippen LogP contribution in [0.3, 0.4) is 0 Å². The van der Waals surface area contributed by atoms with Gasteiger partial charge in [0.15, 0.2) is 0 Å². The molecular formula is C28H47N5O8. The summed E-state index contributed by atoms with van der Waals surface area (Å²) in [5.41, 5.74) is 4.49. The number of hydrogen-bond donors (Lipinski definition) is 2. The molecule has 13 heteroatoms. The number of nitrogens with two attached hydrogens (primary N) is 1. The van der Waals surface area contributed by atoms with Crippen LogP contribution in [0, 0.1) is 16.7 Å². The molecule has 0 bridgehead atoms. The molecule has 0 aromatic rings. The quantitative estimate of drug-likeness (QED) is 0.169. The van der Waals surface area contributed by atoms with Crippen molar-refractivity contribution in [2.24, 2.45) is 17.1 Å². The number of likely N-dealkylation sites (tertiary alicyclic amines) is 2. The summed E-state index contributed by atoms with van der Waals surface area (Å²) < 4.78 is 21.6. The molecule has 0 spiro atoms. The maximum absolute atomic E-state index is 12.9. The van der Waals surface area contributed by atoms with Gasteiger partial charge < -0.3 is 29.6 Å². The number of cyclic esters (lactones) is 1. The summed E-state index contributed by atoms with van der Waals surface area (Å²) in [7, 11) is 0. The number of amidine groups is 1. The van der Waals surface area contributed by atoms with Gasteiger partial charge in [0, 0.05) is 19.6 Å². The number of amides is 2. The SMILES string of the molecule is CCOC(=O)CC1(C(=O)OCC)CCN(CC2CN(C(C(=N)N)C3CCN(C(=O)OC(C)(C)C)CC3)C(=O)O2)CC1. The third-order valence-electron chi connectivity index (χ3n) is 7.97. The lowest BCUT2D eigenvalue weighted by Gasteiger charge is -2.40. The van der Waals surface area contributed by atoms with Gasteiger partial charge in [-0.2, -0.15) is 0 Å². The average Bonchev–Trinajstić information content (AvgIpc) is 3.24. The molecule has 0 radical (unpaired) electrons. The van der Waals surface area contributed by atoms with Gasteiger partial charge in [0.05, 0.1) is 37.6 Å². The second-order valence-corrected chi connectivity index (χ2v) is 12.1. The van der Waals surface area contributed by atoms with E-state index in [1.807, 2.05) is 20.8 Å². The molecule has 3 rings (SSSR count). The monoisotopic (exact) mass is 581 g/mol. The number of nitrogens with one attached hydrogen (secondary N) is 1. The number of carbonyl (C=O) groups excluding carboxylic acids is 4. The van der Waals surface area contributed by atoms with Crippen molar-refractivity contribution >= 4 is 30.0 Å². The summed E-state index contributed by atoms with van der Waals surface area (Å²) in [6, 6.07) is -0.615. The van der Waals surface area contributed by atoms with Crippen LogP contribution in [-0.2, 0) is 28.5 Å². The fourth-order valence-electron chi connectivity index (χ4n) is 5.94. The normalized spacial score (nSPS) is 22.6. The number of nitrogens with zero attached hydrogens (tertiary/aromatic N) is 3. The van der Waals surface area contributed by atoms with Gasteiger partial charge in [0.1, 0.15) is 17.5 Å². The van der Waals surface area contributed by atoms with Gasteiger partial charge >= 0.3 is 24.1 Å². The van der Waals surface area contributed by atoms with Gasteiger partial charge in [-0.05, 0) is 79.3 Å². The van der Waals surface area contributed by atoms with E-state index in [0.29, 0.717) is 58.4 Å². The third-order valence-corrected chi connectivity index (χ3v) is 7.97. The van der Waals surface area contributed by atoms with Crippen LogP contribution < -0.4 is 5.73 Å². The summed E-state index contributed by atoms with van der Waals surface area (Å²) >= 11 is 0. The number of hydrogen-bond acceptors (Lipinski definition) is 10. The molecule has 3 aliphatic rings. The minimum Gasteiger partial charge on any atom is -0.466 e. The summed E-state index contributed by atoms with van der Waals surface area (Å²) in [4.78, 5) is 55.8. The van der Waals surface area contributed by atoms with Crippen LogP contribution in [0.25, 0.3) is 0 Å². The Morgan fingerprint density at radius 3 is 2.22 bits per heavy atom. The first-order valence-corrected chi connectivity index (χ1v) is 14.6. The lowest BCUT2D eigenvalue weighted by atomic mass is 9.75. The first-order valence-electron chi connectivity index (χ1n) is 14.6. The Hall–Kier alpha value is -3.09. The first-order chi connectivity index (χ1) is 19.3. The van der Waals surface area contributed by atoms with Gasteiger partial charge in [0.25, 0.3) is 0 Å². The van der Waals surface area contributed by atoms with E-state index in [9.17, 15) is 19.2 Å². The molecule has 3 heterocycles. The maximum atomic E-state index is 12.9. The van der Waals surface area contributed by atoms with Crippen LogP contribution >= 0.6 is 0 Å². The molecule has 0 aliphatic carbocycles. The Balaban J connectivity index is 1.56. The van der Waals surface area contributed by atoms with E-state index in [0.717, 1.165) is 0 Å². The summed E-state index contributed by atoms with van der Waals surface area (Å²) in [6.45, 7) is 12.1. The van der Waals surface area contributed by atoms with Crippen molar-refractivity contribution in [2.45, 2.75) is 84.5 Å². The molecule has 0 aromatic heterocycles. The number of carbonyl (C=O) groups is 4. The Bertz CT molecular complexity index is 967. The maximum Gasteiger partial charge on any atom is 0.410 e. The van der Waals surface area contributed by atoms with Crippen LogP contribution in [0.4, 0.5) is 9.59 Å². The number of esters is 2. The van der Waals surface area contributed by atoms with Crippen molar-refractivity contribution in [1.82, 2.24) is 14.7 Å². The standard InChI is InChI=1S/C28H47N5O8/c1-6-38-21(34)16-28(24(35)39-7-2)10-14-31(15-11-28)17-20-18-33(26(37)40-20)22(23(29)30)19-8-12-32(13-9-19)25(36)41-27(3,4)5/h19-20,22H,6-18H2,1-5H3,(H3,29,30). The molecule has 3 saturated heterocycles. The van der Waals surface area contributed by atoms with Crippen LogP contribution in [0.1, 0.15) is 66.7 Å². The van der Waals surface area contributed by atoms with E-state index in [2.05, 4.69) is 4.90 Å². The van der Waals surface area contributed by atoms with Crippen molar-refractivity contribution in [3.63, 3.8) is 0 Å². The van der Waals surface area contributed by atoms with Gasteiger partial charge in [-0.15, -0.1) is 0 Å². The van der Waals surface area contributed by atoms with Crippen LogP contribution in [-0.4, -0.2) is 115 Å². The van der Waals surface area contributed by atoms with Gasteiger partial charge in [0.2, 0.25) is 0 Å². The molecule has 3 aliphatic heterocycles. The second kappa shape index (κ2) is 13.7. The van der Waals surface area contributed by atoms with Crippen molar-refractivity contribution in [3.05, 3.63) is 0 Å². The number of ether oxygens (including phenoxy) is 4. The lowest BCUT2D eigenvalue weighted by molar-refractivity contribution is -0.165. The predicted molar refractivity (Wildman–Crippen MR) is 149 cm³/mol. The molecule has 13 nitrogen and oxygen atoms in total. The predicted octanol–water partition coefficient (Wildman–Crippen LogP) is 2.36. The fraction of sp³-hybridized carbons (Fsp3) is 0.821. The lowest BCUT2D eigenvalue weighted by Crippen LogP contribution is -2.53. The molecule has 2 amide bonds. The van der Waals surface area contributed by atoms with E-state index in [1.54, 1.807) is 18.7 Å². The Labute approximate surface area is 242 Å². The molecular weight excluding hydrogens is 534 g/mol. The van der Waals surface area contributed by atoms with Crippen molar-refractivity contribution < 1.29 is 38.1 Å². The Morgan fingerprint density at radius 2 is 1.68 bits per heavy atom. The molecule has 0 saturated carbocycles. The van der Waals surface area contributed by atoms with Crippen LogP contribution in [0.2, 0.25) is 0 Å². The van der Waals surface area contributed by atoms with Gasteiger partial charge in [-0.3, -0.25) is 24.8 Å². The molecule has 2 unspecified atom stereocenters. The van der Waals surface area contributed by atoms with E-state index >= 15 is 0 Å². The number of piperidine rings is 2. The van der Waals surface area contributed by atoms with E-state index in [-0.39, 0.29) is 50.0 Å². The first kappa shape index (κ1) is 32.4. The topological polar surface area (TPSA) is 165 Å². The highest BCUT2D eigenvalue weighted by atomic mass is 16.6. The van der Waals surface area contributed by atoms with Crippen molar-refractivity contribution in [3.8, 4) is 0 Å². The number of rotatable bonds is 10. The molecule has 2 atom stereocenters. The third kappa shape index (κ3) is 8.46. The summed E-state index contributed by atoms with van der Waals surface area (Å²) in [6.07, 6.45) is 0.708. The van der Waals surface area contributed by atoms with E-state index in [1.165, 1.54) is 4.90 Å². The Morgan fingerprint density at radius 1 is 1.07 bits per heavy atom. The van der Waals surface area contributed by atoms with E-state index < -0.39 is 35.2 Å². The van der Waals surface area contributed by atoms with Crippen molar-refractivity contribution in [1.29, 1.82) is 5.41 Å². The van der Waals surface area contributed by atoms with Gasteiger partial charge in [-0.1, -0.05) is 0 Å². The van der Waals surface area contributed by atoms with Crippen molar-refractivity contribution in [2.75, 3.05) is 52.5 Å². The zero-order chi connectivity index (χ0) is 30.4. The minimum absolute atomic E-state index is 0.0211. The van der Waals surface area contributed by atoms with Crippen LogP contribution in [0.5, 0.6) is 0 Å². The smallest absolute Gasteiger partial charge is 0.410 e. The minimum atomic E-state index is -0.926. The summed E-state index contributed by atoms with van der Waals surface area (Å²) in [5.74, 6) is -0.982. The molecule has 232 valence electrons. The average molecular weight is 582 g/mol. The highest BCUT2D eigenvalue weighted by molar-refractivity contribution is 5.87. The highest BCUT2D eigenvalue weighted by Gasteiger charge is 2.47. The molecule has 3 N–H and O–H groups in total.